The van der Waals surface area contributed by atoms with E-state index in [2.05, 4.69) is 21.4 Å². The number of nitrogens with one attached hydrogen (secondary N) is 1. The fraction of sp³-hybridized carbons (Fsp3) is 0.294. The van der Waals surface area contributed by atoms with E-state index in [1.54, 1.807) is 0 Å². The fourth-order valence-corrected chi connectivity index (χ4v) is 2.75. The normalized spacial score (nSPS) is 16.3. The lowest BCUT2D eigenvalue weighted by Crippen LogP contribution is -2.34. The predicted molar refractivity (Wildman–Crippen MR) is 82.6 cm³/mol. The Hall–Kier alpha value is -2.76. The zero-order chi connectivity index (χ0) is 16.1. The number of benzene rings is 1. The molecule has 1 aromatic heterocycles. The number of fused-ring (bicyclic) bond motifs is 1. The average Bonchev–Trinajstić information content (AvgIpc) is 2.61. The highest BCUT2D eigenvalue weighted by Crippen LogP contribution is 2.29. The zero-order valence-corrected chi connectivity index (χ0v) is 12.6. The van der Waals surface area contributed by atoms with Crippen LogP contribution in [-0.2, 0) is 16.0 Å². The van der Waals surface area contributed by atoms with Crippen molar-refractivity contribution in [1.82, 2.24) is 15.3 Å². The number of esters is 1. The molecule has 0 saturated heterocycles. The maximum Gasteiger partial charge on any atom is 0.359 e. The Kier molecular flexibility index (Phi) is 4.61. The number of ether oxygens (including phenoxy) is 1. The molecule has 1 aromatic carbocycles. The molecule has 6 nitrogen and oxygen atoms in total. The Morgan fingerprint density at radius 1 is 1.26 bits per heavy atom. The number of aromatic nitrogens is 2. The topological polar surface area (TPSA) is 81.2 Å². The third-order valence-electron chi connectivity index (χ3n) is 3.81. The number of carbonyl (C=O) groups excluding carboxylic acids is 2. The second-order valence-electron chi connectivity index (χ2n) is 5.38. The van der Waals surface area contributed by atoms with Crippen molar-refractivity contribution >= 4 is 11.9 Å². The Morgan fingerprint density at radius 3 is 2.96 bits per heavy atom. The van der Waals surface area contributed by atoms with Gasteiger partial charge < -0.3 is 10.1 Å². The van der Waals surface area contributed by atoms with Gasteiger partial charge in [-0.25, -0.2) is 9.78 Å². The van der Waals surface area contributed by atoms with Gasteiger partial charge in [-0.1, -0.05) is 24.3 Å². The summed E-state index contributed by atoms with van der Waals surface area (Å²) in [7, 11) is 0. The third-order valence-corrected chi connectivity index (χ3v) is 3.81. The van der Waals surface area contributed by atoms with Crippen LogP contribution in [0.25, 0.3) is 0 Å². The molecule has 0 saturated carbocycles. The molecule has 0 unspecified atom stereocenters. The minimum Gasteiger partial charge on any atom is -0.451 e. The van der Waals surface area contributed by atoms with E-state index in [0.29, 0.717) is 0 Å². The first kappa shape index (κ1) is 15.1. The molecule has 6 heteroatoms. The molecule has 1 amide bonds. The molecule has 1 atom stereocenters. The molecule has 1 aliphatic rings. The second kappa shape index (κ2) is 7.00. The smallest absolute Gasteiger partial charge is 0.359 e. The maximum absolute atomic E-state index is 12.0. The van der Waals surface area contributed by atoms with Gasteiger partial charge in [0.2, 0.25) is 0 Å². The van der Waals surface area contributed by atoms with Gasteiger partial charge in [0.15, 0.2) is 12.3 Å². The summed E-state index contributed by atoms with van der Waals surface area (Å²) in [5.74, 6) is -0.971. The quantitative estimate of drug-likeness (QED) is 0.871. The summed E-state index contributed by atoms with van der Waals surface area (Å²) in [6.45, 7) is -0.325. The van der Waals surface area contributed by atoms with Crippen LogP contribution in [0.4, 0.5) is 0 Å². The molecule has 3 rings (SSSR count). The van der Waals surface area contributed by atoms with Crippen LogP contribution in [0.15, 0.2) is 42.9 Å². The molecular weight excluding hydrogens is 294 g/mol. The van der Waals surface area contributed by atoms with Crippen molar-refractivity contribution in [3.63, 3.8) is 0 Å². The van der Waals surface area contributed by atoms with E-state index in [9.17, 15) is 9.59 Å². The van der Waals surface area contributed by atoms with E-state index in [0.717, 1.165) is 24.8 Å². The van der Waals surface area contributed by atoms with Gasteiger partial charge in [-0.15, -0.1) is 0 Å². The first-order valence-electron chi connectivity index (χ1n) is 7.54. The molecular formula is C17H17N3O3. The number of amides is 1. The summed E-state index contributed by atoms with van der Waals surface area (Å²) in [4.78, 5) is 31.4. The SMILES string of the molecule is O=C(COC(=O)c1cnccn1)N[C@H]1CCCc2ccccc21. The van der Waals surface area contributed by atoms with Crippen LogP contribution >= 0.6 is 0 Å². The number of hydrogen-bond acceptors (Lipinski definition) is 5. The highest BCUT2D eigenvalue weighted by atomic mass is 16.5. The van der Waals surface area contributed by atoms with Crippen LogP contribution in [0, 0.1) is 0 Å². The van der Waals surface area contributed by atoms with Crippen molar-refractivity contribution < 1.29 is 14.3 Å². The number of aryl methyl sites for hydroxylation is 1. The maximum atomic E-state index is 12.0. The molecule has 0 radical (unpaired) electrons. The largest absolute Gasteiger partial charge is 0.451 e. The molecule has 0 fully saturated rings. The van der Waals surface area contributed by atoms with Gasteiger partial charge in [-0.3, -0.25) is 9.78 Å². The van der Waals surface area contributed by atoms with E-state index >= 15 is 0 Å². The van der Waals surface area contributed by atoms with Gasteiger partial charge in [0, 0.05) is 12.4 Å². The summed E-state index contributed by atoms with van der Waals surface area (Å²) in [5, 5.41) is 2.93. The van der Waals surface area contributed by atoms with E-state index in [4.69, 9.17) is 4.74 Å². The summed E-state index contributed by atoms with van der Waals surface area (Å²) in [6.07, 6.45) is 7.11. The Labute approximate surface area is 133 Å². The van der Waals surface area contributed by atoms with Crippen LogP contribution in [0.5, 0.6) is 0 Å². The van der Waals surface area contributed by atoms with E-state index in [-0.39, 0.29) is 24.2 Å². The minimum atomic E-state index is -0.655. The summed E-state index contributed by atoms with van der Waals surface area (Å²) in [5.41, 5.74) is 2.50. The molecule has 0 bridgehead atoms. The number of hydrogen-bond donors (Lipinski definition) is 1. The predicted octanol–water partition coefficient (Wildman–Crippen LogP) is 1.83. The zero-order valence-electron chi connectivity index (χ0n) is 12.6. The van der Waals surface area contributed by atoms with Crippen LogP contribution < -0.4 is 5.32 Å². The van der Waals surface area contributed by atoms with Crippen molar-refractivity contribution in [2.24, 2.45) is 0 Å². The van der Waals surface area contributed by atoms with Crippen molar-refractivity contribution in [2.75, 3.05) is 6.61 Å². The van der Waals surface area contributed by atoms with Crippen molar-refractivity contribution in [3.05, 3.63) is 59.7 Å². The van der Waals surface area contributed by atoms with Gasteiger partial charge in [-0.05, 0) is 30.4 Å². The Bertz CT molecular complexity index is 703. The molecule has 1 heterocycles. The van der Waals surface area contributed by atoms with Crippen molar-refractivity contribution in [3.8, 4) is 0 Å². The third kappa shape index (κ3) is 3.71. The van der Waals surface area contributed by atoms with Crippen molar-refractivity contribution in [2.45, 2.75) is 25.3 Å². The van der Waals surface area contributed by atoms with Gasteiger partial charge in [0.1, 0.15) is 0 Å². The molecule has 0 spiro atoms. The standard InChI is InChI=1S/C17H17N3O3/c21-16(11-23-17(22)15-10-18-8-9-19-15)20-14-7-3-5-12-4-1-2-6-13(12)14/h1-2,4,6,8-10,14H,3,5,7,11H2,(H,20,21)/t14-/m0/s1. The van der Waals surface area contributed by atoms with Gasteiger partial charge in [0.25, 0.3) is 5.91 Å². The van der Waals surface area contributed by atoms with E-state index in [1.165, 1.54) is 24.2 Å². The lowest BCUT2D eigenvalue weighted by Gasteiger charge is -2.26. The first-order valence-corrected chi connectivity index (χ1v) is 7.54. The summed E-state index contributed by atoms with van der Waals surface area (Å²) < 4.78 is 4.97. The van der Waals surface area contributed by atoms with Crippen molar-refractivity contribution in [1.29, 1.82) is 0 Å². The molecule has 1 aliphatic carbocycles. The molecule has 118 valence electrons. The van der Waals surface area contributed by atoms with E-state index in [1.807, 2.05) is 18.2 Å². The summed E-state index contributed by atoms with van der Waals surface area (Å²) in [6, 6.07) is 8.07. The molecule has 0 aliphatic heterocycles. The number of rotatable bonds is 4. The molecule has 2 aromatic rings. The minimum absolute atomic E-state index is 0.0253. The summed E-state index contributed by atoms with van der Waals surface area (Å²) >= 11 is 0. The fourth-order valence-electron chi connectivity index (χ4n) is 2.75. The van der Waals surface area contributed by atoms with Crippen LogP contribution in [-0.4, -0.2) is 28.5 Å². The lowest BCUT2D eigenvalue weighted by molar-refractivity contribution is -0.125. The average molecular weight is 311 g/mol. The van der Waals surface area contributed by atoms with Crippen LogP contribution in [0.3, 0.4) is 0 Å². The number of nitrogens with zero attached hydrogens (tertiary/aromatic N) is 2. The highest BCUT2D eigenvalue weighted by Gasteiger charge is 2.22. The lowest BCUT2D eigenvalue weighted by atomic mass is 9.88. The van der Waals surface area contributed by atoms with Gasteiger partial charge in [0.05, 0.1) is 12.2 Å². The van der Waals surface area contributed by atoms with Gasteiger partial charge >= 0.3 is 5.97 Å². The Balaban J connectivity index is 1.55. The second-order valence-corrected chi connectivity index (χ2v) is 5.38. The molecule has 1 N–H and O–H groups in total. The van der Waals surface area contributed by atoms with Gasteiger partial charge in [-0.2, -0.15) is 0 Å². The number of carbonyl (C=O) groups is 2. The monoisotopic (exact) mass is 311 g/mol. The first-order chi connectivity index (χ1) is 11.2. The van der Waals surface area contributed by atoms with E-state index < -0.39 is 5.97 Å². The van der Waals surface area contributed by atoms with Crippen LogP contribution in [0.1, 0.15) is 40.5 Å². The highest BCUT2D eigenvalue weighted by molar-refractivity contribution is 5.89. The van der Waals surface area contributed by atoms with Crippen LogP contribution in [0.2, 0.25) is 0 Å². The Morgan fingerprint density at radius 2 is 2.13 bits per heavy atom. The molecule has 23 heavy (non-hydrogen) atoms.